The molecule has 7 heteroatoms. The lowest BCUT2D eigenvalue weighted by atomic mass is 9.97. The Bertz CT molecular complexity index is 557. The molecule has 1 fully saturated rings. The summed E-state index contributed by atoms with van der Waals surface area (Å²) in [5.41, 5.74) is 0.449. The number of halogens is 2. The Hall–Kier alpha value is -0.330. The fourth-order valence-electron chi connectivity index (χ4n) is 2.32. The molecule has 1 aliphatic rings. The van der Waals surface area contributed by atoms with Crippen molar-refractivity contribution in [2.45, 2.75) is 25.1 Å². The summed E-state index contributed by atoms with van der Waals surface area (Å²) in [7, 11) is -3.46. The molecule has 0 aromatic heterocycles. The highest BCUT2D eigenvalue weighted by Crippen LogP contribution is 2.26. The SMILES string of the molecule is CC1CNCCC1NS(=O)(=O)Cc1c(Cl)cccc1Cl. The molecule has 0 saturated carbocycles. The minimum absolute atomic E-state index is 0.0393. The van der Waals surface area contributed by atoms with E-state index in [1.807, 2.05) is 6.92 Å². The smallest absolute Gasteiger partial charge is 0.216 e. The van der Waals surface area contributed by atoms with Crippen LogP contribution in [-0.4, -0.2) is 27.5 Å². The highest BCUT2D eigenvalue weighted by molar-refractivity contribution is 7.88. The van der Waals surface area contributed by atoms with E-state index < -0.39 is 10.0 Å². The van der Waals surface area contributed by atoms with Crippen LogP contribution in [-0.2, 0) is 15.8 Å². The number of hydrogen-bond acceptors (Lipinski definition) is 3. The molecule has 2 unspecified atom stereocenters. The Kier molecular flexibility index (Phi) is 5.31. The standard InChI is InChI=1S/C13H18Cl2N2O2S/c1-9-7-16-6-5-13(9)17-20(18,19)8-10-11(14)3-2-4-12(10)15/h2-4,9,13,16-17H,5-8H2,1H3. The van der Waals surface area contributed by atoms with Gasteiger partial charge in [-0.05, 0) is 37.6 Å². The van der Waals surface area contributed by atoms with Crippen molar-refractivity contribution in [1.82, 2.24) is 10.0 Å². The van der Waals surface area contributed by atoms with Crippen molar-refractivity contribution in [2.24, 2.45) is 5.92 Å². The van der Waals surface area contributed by atoms with Crippen molar-refractivity contribution in [1.29, 1.82) is 0 Å². The van der Waals surface area contributed by atoms with Gasteiger partial charge in [-0.2, -0.15) is 0 Å². The molecule has 0 aliphatic carbocycles. The lowest BCUT2D eigenvalue weighted by Gasteiger charge is -2.30. The predicted molar refractivity (Wildman–Crippen MR) is 82.7 cm³/mol. The first kappa shape index (κ1) is 16.0. The van der Waals surface area contributed by atoms with Gasteiger partial charge in [0.2, 0.25) is 10.0 Å². The summed E-state index contributed by atoms with van der Waals surface area (Å²) in [5, 5.41) is 3.99. The van der Waals surface area contributed by atoms with Crippen molar-refractivity contribution >= 4 is 33.2 Å². The number of rotatable bonds is 4. The normalized spacial score (nSPS) is 23.8. The highest BCUT2D eigenvalue weighted by Gasteiger charge is 2.26. The maximum atomic E-state index is 12.3. The zero-order valence-corrected chi connectivity index (χ0v) is 13.5. The molecule has 20 heavy (non-hydrogen) atoms. The van der Waals surface area contributed by atoms with E-state index in [-0.39, 0.29) is 17.7 Å². The number of piperidine rings is 1. The van der Waals surface area contributed by atoms with Crippen molar-refractivity contribution < 1.29 is 8.42 Å². The maximum absolute atomic E-state index is 12.3. The molecule has 1 heterocycles. The third kappa shape index (κ3) is 4.09. The van der Waals surface area contributed by atoms with Crippen molar-refractivity contribution in [3.05, 3.63) is 33.8 Å². The predicted octanol–water partition coefficient (Wildman–Crippen LogP) is 2.41. The first-order valence-corrected chi connectivity index (χ1v) is 8.93. The van der Waals surface area contributed by atoms with Gasteiger partial charge in [0, 0.05) is 21.7 Å². The number of benzene rings is 1. The summed E-state index contributed by atoms with van der Waals surface area (Å²) < 4.78 is 27.3. The van der Waals surface area contributed by atoms with Crippen LogP contribution in [0.3, 0.4) is 0 Å². The van der Waals surface area contributed by atoms with Crippen LogP contribution in [0.4, 0.5) is 0 Å². The van der Waals surface area contributed by atoms with Gasteiger partial charge in [-0.25, -0.2) is 13.1 Å². The molecule has 2 N–H and O–H groups in total. The Morgan fingerprint density at radius 2 is 2.00 bits per heavy atom. The molecular weight excluding hydrogens is 319 g/mol. The van der Waals surface area contributed by atoms with Crippen LogP contribution < -0.4 is 10.0 Å². The topological polar surface area (TPSA) is 58.2 Å². The van der Waals surface area contributed by atoms with Gasteiger partial charge in [0.1, 0.15) is 0 Å². The molecule has 1 aliphatic heterocycles. The van der Waals surface area contributed by atoms with E-state index in [1.54, 1.807) is 18.2 Å². The van der Waals surface area contributed by atoms with Crippen LogP contribution in [0, 0.1) is 5.92 Å². The summed E-state index contributed by atoms with van der Waals surface area (Å²) in [6.07, 6.45) is 0.788. The van der Waals surface area contributed by atoms with Crippen LogP contribution in [0.15, 0.2) is 18.2 Å². The van der Waals surface area contributed by atoms with Crippen LogP contribution in [0.5, 0.6) is 0 Å². The van der Waals surface area contributed by atoms with Crippen LogP contribution in [0.25, 0.3) is 0 Å². The van der Waals surface area contributed by atoms with Crippen LogP contribution in [0.1, 0.15) is 18.9 Å². The summed E-state index contributed by atoms with van der Waals surface area (Å²) in [5.74, 6) is 0.0718. The first-order chi connectivity index (χ1) is 9.39. The lowest BCUT2D eigenvalue weighted by Crippen LogP contribution is -2.48. The van der Waals surface area contributed by atoms with Gasteiger partial charge in [-0.1, -0.05) is 36.2 Å². The minimum atomic E-state index is -3.46. The van der Waals surface area contributed by atoms with Gasteiger partial charge in [0.25, 0.3) is 0 Å². The van der Waals surface area contributed by atoms with E-state index in [4.69, 9.17) is 23.2 Å². The molecule has 112 valence electrons. The maximum Gasteiger partial charge on any atom is 0.216 e. The minimum Gasteiger partial charge on any atom is -0.316 e. The Balaban J connectivity index is 2.11. The summed E-state index contributed by atoms with van der Waals surface area (Å²) in [6.45, 7) is 3.67. The number of sulfonamides is 1. The Labute approximate surface area is 129 Å². The molecule has 0 spiro atoms. The second kappa shape index (κ2) is 6.62. The third-order valence-electron chi connectivity index (χ3n) is 3.51. The molecule has 1 saturated heterocycles. The van der Waals surface area contributed by atoms with Crippen molar-refractivity contribution in [2.75, 3.05) is 13.1 Å². The molecular formula is C13H18Cl2N2O2S. The van der Waals surface area contributed by atoms with Crippen LogP contribution in [0.2, 0.25) is 10.0 Å². The van der Waals surface area contributed by atoms with E-state index in [1.165, 1.54) is 0 Å². The fraction of sp³-hybridized carbons (Fsp3) is 0.538. The molecule has 0 bridgehead atoms. The van der Waals surface area contributed by atoms with Gasteiger partial charge >= 0.3 is 0 Å². The molecule has 4 nitrogen and oxygen atoms in total. The average molecular weight is 337 g/mol. The van der Waals surface area contributed by atoms with E-state index in [0.717, 1.165) is 19.5 Å². The number of nitrogens with one attached hydrogen (secondary N) is 2. The second-order valence-electron chi connectivity index (χ2n) is 5.15. The molecule has 0 radical (unpaired) electrons. The molecule has 1 aromatic carbocycles. The molecule has 2 rings (SSSR count). The first-order valence-electron chi connectivity index (χ1n) is 6.52. The van der Waals surface area contributed by atoms with Crippen molar-refractivity contribution in [3.8, 4) is 0 Å². The van der Waals surface area contributed by atoms with Gasteiger partial charge < -0.3 is 5.32 Å². The summed E-state index contributed by atoms with van der Waals surface area (Å²) >= 11 is 12.0. The summed E-state index contributed by atoms with van der Waals surface area (Å²) in [6, 6.07) is 4.95. The van der Waals surface area contributed by atoms with Gasteiger partial charge in [0.15, 0.2) is 0 Å². The van der Waals surface area contributed by atoms with E-state index in [0.29, 0.717) is 15.6 Å². The van der Waals surface area contributed by atoms with E-state index in [2.05, 4.69) is 10.0 Å². The van der Waals surface area contributed by atoms with Gasteiger partial charge in [-0.3, -0.25) is 0 Å². The summed E-state index contributed by atoms with van der Waals surface area (Å²) in [4.78, 5) is 0. The Morgan fingerprint density at radius 3 is 2.60 bits per heavy atom. The largest absolute Gasteiger partial charge is 0.316 e. The molecule has 0 amide bonds. The Morgan fingerprint density at radius 1 is 1.35 bits per heavy atom. The molecule has 2 atom stereocenters. The van der Waals surface area contributed by atoms with Crippen molar-refractivity contribution in [3.63, 3.8) is 0 Å². The third-order valence-corrected chi connectivity index (χ3v) is 5.55. The zero-order valence-electron chi connectivity index (χ0n) is 11.2. The van der Waals surface area contributed by atoms with Gasteiger partial charge in [0.05, 0.1) is 5.75 Å². The lowest BCUT2D eigenvalue weighted by molar-refractivity contribution is 0.328. The van der Waals surface area contributed by atoms with Gasteiger partial charge in [-0.15, -0.1) is 0 Å². The van der Waals surface area contributed by atoms with E-state index in [9.17, 15) is 8.42 Å². The monoisotopic (exact) mass is 336 g/mol. The zero-order chi connectivity index (χ0) is 14.8. The average Bonchev–Trinajstić information content (AvgIpc) is 2.37. The highest BCUT2D eigenvalue weighted by atomic mass is 35.5. The van der Waals surface area contributed by atoms with Crippen LogP contribution >= 0.6 is 23.2 Å². The second-order valence-corrected chi connectivity index (χ2v) is 7.72. The molecule has 1 aromatic rings. The number of hydrogen-bond donors (Lipinski definition) is 2. The fourth-order valence-corrected chi connectivity index (χ4v) is 4.60. The van der Waals surface area contributed by atoms with E-state index >= 15 is 0 Å². The quantitative estimate of drug-likeness (QED) is 0.887.